The highest BCUT2D eigenvalue weighted by atomic mass is 16.5. The molecule has 1 fully saturated rings. The van der Waals surface area contributed by atoms with Crippen molar-refractivity contribution in [1.29, 1.82) is 0 Å². The molecule has 1 aliphatic rings. The standard InChI is InChI=1S/C18H25N5O2/c1-13-5-3-4-6-17(13)25-14(2)11-20-18(24)16-12-23(22-21-16)15-7-9-19-10-8-15/h3-6,12,14-15,19H,7-11H2,1-2H3,(H,20,24). The van der Waals surface area contributed by atoms with Crippen LogP contribution in [0.2, 0.25) is 0 Å². The Morgan fingerprint density at radius 3 is 2.92 bits per heavy atom. The number of carbonyl (C=O) groups excluding carboxylic acids is 1. The number of amides is 1. The molecule has 1 aliphatic heterocycles. The number of aryl methyl sites for hydroxylation is 1. The molecule has 1 aromatic heterocycles. The summed E-state index contributed by atoms with van der Waals surface area (Å²) in [5.74, 6) is 0.613. The molecule has 0 radical (unpaired) electrons. The van der Waals surface area contributed by atoms with Gasteiger partial charge in [0.1, 0.15) is 11.9 Å². The monoisotopic (exact) mass is 343 g/mol. The molecule has 1 atom stereocenters. The van der Waals surface area contributed by atoms with Gasteiger partial charge in [-0.3, -0.25) is 4.79 Å². The first-order valence-electron chi connectivity index (χ1n) is 8.76. The van der Waals surface area contributed by atoms with Gasteiger partial charge in [0.15, 0.2) is 5.69 Å². The summed E-state index contributed by atoms with van der Waals surface area (Å²) in [6.45, 7) is 6.28. The molecule has 2 heterocycles. The van der Waals surface area contributed by atoms with Gasteiger partial charge in [-0.1, -0.05) is 23.4 Å². The molecule has 1 amide bonds. The second-order valence-electron chi connectivity index (χ2n) is 6.47. The van der Waals surface area contributed by atoms with Crippen LogP contribution in [0.15, 0.2) is 30.5 Å². The normalized spacial score (nSPS) is 16.4. The lowest BCUT2D eigenvalue weighted by Gasteiger charge is -2.22. The minimum Gasteiger partial charge on any atom is -0.489 e. The summed E-state index contributed by atoms with van der Waals surface area (Å²) in [5.41, 5.74) is 1.42. The van der Waals surface area contributed by atoms with Gasteiger partial charge in [-0.2, -0.15) is 0 Å². The van der Waals surface area contributed by atoms with Gasteiger partial charge in [0.05, 0.1) is 18.8 Å². The molecule has 0 spiro atoms. The number of hydrogen-bond acceptors (Lipinski definition) is 5. The number of carbonyl (C=O) groups is 1. The highest BCUT2D eigenvalue weighted by Crippen LogP contribution is 2.18. The summed E-state index contributed by atoms with van der Waals surface area (Å²) in [4.78, 5) is 12.3. The van der Waals surface area contributed by atoms with E-state index in [4.69, 9.17) is 4.74 Å². The first kappa shape index (κ1) is 17.4. The van der Waals surface area contributed by atoms with Crippen LogP contribution in [0.4, 0.5) is 0 Å². The molecule has 25 heavy (non-hydrogen) atoms. The predicted octanol–water partition coefficient (Wildman–Crippen LogP) is 1.71. The molecular weight excluding hydrogens is 318 g/mol. The number of piperidine rings is 1. The molecule has 3 rings (SSSR count). The van der Waals surface area contributed by atoms with E-state index in [0.717, 1.165) is 37.2 Å². The van der Waals surface area contributed by atoms with Crippen LogP contribution >= 0.6 is 0 Å². The molecule has 1 unspecified atom stereocenters. The zero-order valence-electron chi connectivity index (χ0n) is 14.7. The molecule has 0 aliphatic carbocycles. The van der Waals surface area contributed by atoms with Crippen LogP contribution in [0, 0.1) is 6.92 Å². The van der Waals surface area contributed by atoms with Crippen molar-refractivity contribution in [3.63, 3.8) is 0 Å². The maximum absolute atomic E-state index is 12.3. The maximum Gasteiger partial charge on any atom is 0.273 e. The Kier molecular flexibility index (Phi) is 5.65. The van der Waals surface area contributed by atoms with Crippen LogP contribution in [0.3, 0.4) is 0 Å². The van der Waals surface area contributed by atoms with Gasteiger partial charge in [0.25, 0.3) is 5.91 Å². The third kappa shape index (κ3) is 4.57. The van der Waals surface area contributed by atoms with E-state index in [0.29, 0.717) is 18.3 Å². The number of ether oxygens (including phenoxy) is 1. The summed E-state index contributed by atoms with van der Waals surface area (Å²) in [6.07, 6.45) is 3.61. The number of nitrogens with one attached hydrogen (secondary N) is 2. The summed E-state index contributed by atoms with van der Waals surface area (Å²) in [7, 11) is 0. The second kappa shape index (κ2) is 8.11. The molecule has 7 heteroatoms. The van der Waals surface area contributed by atoms with Crippen molar-refractivity contribution in [2.45, 2.75) is 38.8 Å². The van der Waals surface area contributed by atoms with Crippen LogP contribution in [-0.4, -0.2) is 46.6 Å². The van der Waals surface area contributed by atoms with Gasteiger partial charge < -0.3 is 15.4 Å². The lowest BCUT2D eigenvalue weighted by molar-refractivity contribution is 0.0927. The zero-order chi connectivity index (χ0) is 17.6. The Balaban J connectivity index is 1.50. The average molecular weight is 343 g/mol. The zero-order valence-corrected chi connectivity index (χ0v) is 14.7. The van der Waals surface area contributed by atoms with Crippen LogP contribution in [-0.2, 0) is 0 Å². The highest BCUT2D eigenvalue weighted by Gasteiger charge is 2.19. The number of benzene rings is 1. The van der Waals surface area contributed by atoms with Crippen LogP contribution in [0.1, 0.15) is 41.9 Å². The Morgan fingerprint density at radius 2 is 2.16 bits per heavy atom. The Morgan fingerprint density at radius 1 is 1.40 bits per heavy atom. The number of aromatic nitrogens is 3. The van der Waals surface area contributed by atoms with E-state index in [1.807, 2.05) is 42.8 Å². The van der Waals surface area contributed by atoms with E-state index in [1.54, 1.807) is 6.20 Å². The minimum absolute atomic E-state index is 0.135. The van der Waals surface area contributed by atoms with Gasteiger partial charge in [-0.15, -0.1) is 5.10 Å². The van der Waals surface area contributed by atoms with Gasteiger partial charge in [0, 0.05) is 0 Å². The first-order valence-corrected chi connectivity index (χ1v) is 8.76. The van der Waals surface area contributed by atoms with E-state index in [2.05, 4.69) is 20.9 Å². The largest absolute Gasteiger partial charge is 0.489 e. The van der Waals surface area contributed by atoms with Gasteiger partial charge in [-0.25, -0.2) is 4.68 Å². The summed E-state index contributed by atoms with van der Waals surface area (Å²) in [5, 5.41) is 14.3. The molecule has 7 nitrogen and oxygen atoms in total. The number of nitrogens with zero attached hydrogens (tertiary/aromatic N) is 3. The van der Waals surface area contributed by atoms with Gasteiger partial charge in [0.2, 0.25) is 0 Å². The molecular formula is C18H25N5O2. The SMILES string of the molecule is Cc1ccccc1OC(C)CNC(=O)c1cn(C2CCNCC2)nn1. The van der Waals surface area contributed by atoms with E-state index in [-0.39, 0.29) is 12.0 Å². The van der Waals surface area contributed by atoms with Crippen molar-refractivity contribution in [3.05, 3.63) is 41.7 Å². The summed E-state index contributed by atoms with van der Waals surface area (Å²) >= 11 is 0. The second-order valence-corrected chi connectivity index (χ2v) is 6.47. The van der Waals surface area contributed by atoms with Crippen molar-refractivity contribution in [3.8, 4) is 5.75 Å². The highest BCUT2D eigenvalue weighted by molar-refractivity contribution is 5.91. The predicted molar refractivity (Wildman–Crippen MR) is 94.8 cm³/mol. The molecule has 1 saturated heterocycles. The topological polar surface area (TPSA) is 81.1 Å². The summed E-state index contributed by atoms with van der Waals surface area (Å²) in [6, 6.07) is 8.16. The van der Waals surface area contributed by atoms with Gasteiger partial charge in [-0.05, 0) is 51.4 Å². The minimum atomic E-state index is -0.222. The fourth-order valence-electron chi connectivity index (χ4n) is 2.90. The quantitative estimate of drug-likeness (QED) is 0.834. The van der Waals surface area contributed by atoms with Crippen molar-refractivity contribution >= 4 is 5.91 Å². The van der Waals surface area contributed by atoms with Crippen molar-refractivity contribution in [1.82, 2.24) is 25.6 Å². The molecule has 1 aromatic carbocycles. The Bertz CT molecular complexity index is 709. The first-order chi connectivity index (χ1) is 12.1. The van der Waals surface area contributed by atoms with E-state index >= 15 is 0 Å². The smallest absolute Gasteiger partial charge is 0.273 e. The van der Waals surface area contributed by atoms with Crippen molar-refractivity contribution in [2.75, 3.05) is 19.6 Å². The Labute approximate surface area is 147 Å². The van der Waals surface area contributed by atoms with Gasteiger partial charge >= 0.3 is 0 Å². The van der Waals surface area contributed by atoms with Crippen LogP contribution < -0.4 is 15.4 Å². The maximum atomic E-state index is 12.3. The lowest BCUT2D eigenvalue weighted by Crippen LogP contribution is -2.34. The number of para-hydroxylation sites is 1. The lowest BCUT2D eigenvalue weighted by atomic mass is 10.1. The van der Waals surface area contributed by atoms with Crippen LogP contribution in [0.5, 0.6) is 5.75 Å². The third-order valence-corrected chi connectivity index (χ3v) is 4.40. The van der Waals surface area contributed by atoms with E-state index in [9.17, 15) is 4.79 Å². The Hall–Kier alpha value is -2.41. The molecule has 0 bridgehead atoms. The number of rotatable bonds is 6. The fourth-order valence-corrected chi connectivity index (χ4v) is 2.90. The van der Waals surface area contributed by atoms with E-state index < -0.39 is 0 Å². The molecule has 2 aromatic rings. The summed E-state index contributed by atoms with van der Waals surface area (Å²) < 4.78 is 7.68. The average Bonchev–Trinajstić information content (AvgIpc) is 3.13. The van der Waals surface area contributed by atoms with Crippen LogP contribution in [0.25, 0.3) is 0 Å². The fraction of sp³-hybridized carbons (Fsp3) is 0.500. The van der Waals surface area contributed by atoms with Crippen molar-refractivity contribution < 1.29 is 9.53 Å². The molecule has 134 valence electrons. The van der Waals surface area contributed by atoms with Crippen molar-refractivity contribution in [2.24, 2.45) is 0 Å². The molecule has 2 N–H and O–H groups in total. The number of hydrogen-bond donors (Lipinski definition) is 2. The molecule has 0 saturated carbocycles. The van der Waals surface area contributed by atoms with E-state index in [1.165, 1.54) is 0 Å². The third-order valence-electron chi connectivity index (χ3n) is 4.40.